The van der Waals surface area contributed by atoms with Gasteiger partial charge >= 0.3 is 0 Å². The minimum Gasteiger partial charge on any atom is -0.497 e. The van der Waals surface area contributed by atoms with Gasteiger partial charge in [-0.3, -0.25) is 4.79 Å². The molecule has 4 heteroatoms. The predicted octanol–water partition coefficient (Wildman–Crippen LogP) is 2.86. The molecular formula is C18H21NO3. The van der Waals surface area contributed by atoms with Crippen LogP contribution in [-0.4, -0.2) is 24.2 Å². The van der Waals surface area contributed by atoms with Gasteiger partial charge in [0.2, 0.25) is 0 Å². The van der Waals surface area contributed by atoms with Gasteiger partial charge in [0.1, 0.15) is 5.75 Å². The average Bonchev–Trinajstić information content (AvgIpc) is 2.54. The normalized spacial score (nSPS) is 13.3. The fourth-order valence-corrected chi connectivity index (χ4v) is 2.16. The van der Waals surface area contributed by atoms with E-state index in [0.29, 0.717) is 5.56 Å². The molecule has 0 saturated carbocycles. The number of amides is 1. The Kier molecular flexibility index (Phi) is 5.17. The molecule has 0 radical (unpaired) electrons. The fourth-order valence-electron chi connectivity index (χ4n) is 2.16. The van der Waals surface area contributed by atoms with Crippen LogP contribution in [0.1, 0.15) is 34.5 Å². The Labute approximate surface area is 130 Å². The maximum atomic E-state index is 12.2. The summed E-state index contributed by atoms with van der Waals surface area (Å²) in [6, 6.07) is 14.1. The number of aliphatic hydroxyl groups is 1. The molecule has 1 amide bonds. The topological polar surface area (TPSA) is 58.6 Å². The second kappa shape index (κ2) is 7.09. The van der Waals surface area contributed by atoms with E-state index in [1.54, 1.807) is 50.4 Å². The monoisotopic (exact) mass is 299 g/mol. The number of aryl methyl sites for hydroxylation is 1. The van der Waals surface area contributed by atoms with Gasteiger partial charge < -0.3 is 15.2 Å². The second-order valence-electron chi connectivity index (χ2n) is 5.35. The third-order valence-electron chi connectivity index (χ3n) is 3.60. The number of rotatable bonds is 5. The largest absolute Gasteiger partial charge is 0.497 e. The smallest absolute Gasteiger partial charge is 0.251 e. The van der Waals surface area contributed by atoms with Gasteiger partial charge in [-0.05, 0) is 43.7 Å². The van der Waals surface area contributed by atoms with Crippen LogP contribution in [0.2, 0.25) is 0 Å². The van der Waals surface area contributed by atoms with Crippen molar-refractivity contribution in [1.82, 2.24) is 5.32 Å². The number of hydrogen-bond donors (Lipinski definition) is 2. The molecule has 2 unspecified atom stereocenters. The van der Waals surface area contributed by atoms with Gasteiger partial charge in [0.05, 0.1) is 19.3 Å². The van der Waals surface area contributed by atoms with Crippen molar-refractivity contribution in [1.29, 1.82) is 0 Å². The van der Waals surface area contributed by atoms with Crippen molar-refractivity contribution in [3.63, 3.8) is 0 Å². The van der Waals surface area contributed by atoms with Crippen molar-refractivity contribution in [2.45, 2.75) is 26.0 Å². The van der Waals surface area contributed by atoms with E-state index < -0.39 is 12.1 Å². The lowest BCUT2D eigenvalue weighted by molar-refractivity contribution is 0.0852. The summed E-state index contributed by atoms with van der Waals surface area (Å²) in [5.41, 5.74) is 2.42. The van der Waals surface area contributed by atoms with Gasteiger partial charge in [0.25, 0.3) is 5.91 Å². The Morgan fingerprint density at radius 3 is 2.23 bits per heavy atom. The average molecular weight is 299 g/mol. The number of nitrogens with one attached hydrogen (secondary N) is 1. The molecular weight excluding hydrogens is 278 g/mol. The summed E-state index contributed by atoms with van der Waals surface area (Å²) in [7, 11) is 1.59. The number of carbonyl (C=O) groups excluding carboxylic acids is 1. The molecule has 2 N–H and O–H groups in total. The minimum absolute atomic E-state index is 0.194. The lowest BCUT2D eigenvalue weighted by atomic mass is 10.0. The summed E-state index contributed by atoms with van der Waals surface area (Å²) in [6.07, 6.45) is -0.777. The first kappa shape index (κ1) is 16.0. The van der Waals surface area contributed by atoms with Crippen LogP contribution in [-0.2, 0) is 0 Å². The highest BCUT2D eigenvalue weighted by Gasteiger charge is 2.19. The highest BCUT2D eigenvalue weighted by atomic mass is 16.5. The molecule has 0 aromatic heterocycles. The standard InChI is InChI=1S/C18H21NO3/c1-12-4-6-15(7-5-12)18(21)19-13(2)17(20)14-8-10-16(22-3)11-9-14/h4-11,13,17,20H,1-3H3,(H,19,21). The van der Waals surface area contributed by atoms with Crippen LogP contribution in [0.3, 0.4) is 0 Å². The Bertz CT molecular complexity index is 620. The van der Waals surface area contributed by atoms with Crippen molar-refractivity contribution < 1.29 is 14.6 Å². The molecule has 0 aliphatic carbocycles. The van der Waals surface area contributed by atoms with Crippen LogP contribution in [0.4, 0.5) is 0 Å². The molecule has 0 aliphatic heterocycles. The maximum Gasteiger partial charge on any atom is 0.251 e. The molecule has 2 aromatic rings. The Morgan fingerprint density at radius 1 is 1.09 bits per heavy atom. The highest BCUT2D eigenvalue weighted by Crippen LogP contribution is 2.20. The molecule has 116 valence electrons. The number of ether oxygens (including phenoxy) is 1. The van der Waals surface area contributed by atoms with E-state index in [1.807, 2.05) is 19.1 Å². The fraction of sp³-hybridized carbons (Fsp3) is 0.278. The number of hydrogen-bond acceptors (Lipinski definition) is 3. The van der Waals surface area contributed by atoms with Gasteiger partial charge in [-0.15, -0.1) is 0 Å². The highest BCUT2D eigenvalue weighted by molar-refractivity contribution is 5.94. The van der Waals surface area contributed by atoms with E-state index in [9.17, 15) is 9.90 Å². The Balaban J connectivity index is 2.02. The van der Waals surface area contributed by atoms with Crippen LogP contribution < -0.4 is 10.1 Å². The van der Waals surface area contributed by atoms with Crippen LogP contribution in [0, 0.1) is 6.92 Å². The third-order valence-corrected chi connectivity index (χ3v) is 3.60. The minimum atomic E-state index is -0.777. The lowest BCUT2D eigenvalue weighted by Gasteiger charge is -2.21. The molecule has 0 saturated heterocycles. The van der Waals surface area contributed by atoms with Crippen LogP contribution in [0.15, 0.2) is 48.5 Å². The molecule has 0 heterocycles. The van der Waals surface area contributed by atoms with E-state index >= 15 is 0 Å². The quantitative estimate of drug-likeness (QED) is 0.892. The molecule has 0 bridgehead atoms. The molecule has 2 rings (SSSR count). The van der Waals surface area contributed by atoms with E-state index in [2.05, 4.69) is 5.32 Å². The van der Waals surface area contributed by atoms with Crippen molar-refractivity contribution >= 4 is 5.91 Å². The molecule has 0 aliphatic rings. The van der Waals surface area contributed by atoms with Gasteiger partial charge in [-0.1, -0.05) is 29.8 Å². The maximum absolute atomic E-state index is 12.2. The van der Waals surface area contributed by atoms with Crippen LogP contribution in [0.25, 0.3) is 0 Å². The van der Waals surface area contributed by atoms with Crippen molar-refractivity contribution in [3.8, 4) is 5.75 Å². The molecule has 4 nitrogen and oxygen atoms in total. The summed E-state index contributed by atoms with van der Waals surface area (Å²) in [5, 5.41) is 13.2. The van der Waals surface area contributed by atoms with E-state index in [0.717, 1.165) is 16.9 Å². The van der Waals surface area contributed by atoms with E-state index in [4.69, 9.17) is 4.74 Å². The summed E-state index contributed by atoms with van der Waals surface area (Å²) >= 11 is 0. The van der Waals surface area contributed by atoms with E-state index in [1.165, 1.54) is 0 Å². The van der Waals surface area contributed by atoms with Crippen molar-refractivity contribution in [2.24, 2.45) is 0 Å². The first-order valence-corrected chi connectivity index (χ1v) is 7.21. The Morgan fingerprint density at radius 2 is 1.68 bits per heavy atom. The predicted molar refractivity (Wildman–Crippen MR) is 86.1 cm³/mol. The number of methoxy groups -OCH3 is 1. The number of benzene rings is 2. The Hall–Kier alpha value is -2.33. The van der Waals surface area contributed by atoms with Gasteiger partial charge in [0.15, 0.2) is 0 Å². The van der Waals surface area contributed by atoms with E-state index in [-0.39, 0.29) is 5.91 Å². The molecule has 22 heavy (non-hydrogen) atoms. The molecule has 0 fully saturated rings. The lowest BCUT2D eigenvalue weighted by Crippen LogP contribution is -2.37. The second-order valence-corrected chi connectivity index (χ2v) is 5.35. The summed E-state index contributed by atoms with van der Waals surface area (Å²) in [6.45, 7) is 3.75. The molecule has 2 aromatic carbocycles. The van der Waals surface area contributed by atoms with Crippen LogP contribution >= 0.6 is 0 Å². The van der Waals surface area contributed by atoms with Crippen molar-refractivity contribution in [3.05, 3.63) is 65.2 Å². The number of carbonyl (C=O) groups is 1. The van der Waals surface area contributed by atoms with Gasteiger partial charge in [-0.25, -0.2) is 0 Å². The summed E-state index contributed by atoms with van der Waals surface area (Å²) in [4.78, 5) is 12.2. The van der Waals surface area contributed by atoms with Gasteiger partial charge in [-0.2, -0.15) is 0 Å². The third kappa shape index (κ3) is 3.86. The SMILES string of the molecule is COc1ccc(C(O)C(C)NC(=O)c2ccc(C)cc2)cc1. The van der Waals surface area contributed by atoms with Gasteiger partial charge in [0, 0.05) is 5.56 Å². The first-order valence-electron chi connectivity index (χ1n) is 7.21. The zero-order valence-corrected chi connectivity index (χ0v) is 13.0. The van der Waals surface area contributed by atoms with Crippen molar-refractivity contribution in [2.75, 3.05) is 7.11 Å². The zero-order valence-electron chi connectivity index (χ0n) is 13.0. The number of aliphatic hydroxyl groups excluding tert-OH is 1. The first-order chi connectivity index (χ1) is 10.5. The summed E-state index contributed by atoms with van der Waals surface area (Å²) < 4.78 is 5.09. The van der Waals surface area contributed by atoms with Crippen LogP contribution in [0.5, 0.6) is 5.75 Å². The summed E-state index contributed by atoms with van der Waals surface area (Å²) in [5.74, 6) is 0.535. The molecule has 0 spiro atoms. The zero-order chi connectivity index (χ0) is 16.1. The molecule has 2 atom stereocenters.